The van der Waals surface area contributed by atoms with E-state index in [4.69, 9.17) is 12.2 Å². The van der Waals surface area contributed by atoms with Gasteiger partial charge in [0.25, 0.3) is 0 Å². The smallest absolute Gasteiger partial charge is 0.216 e. The van der Waals surface area contributed by atoms with Crippen LogP contribution in [-0.4, -0.2) is 31.2 Å². The van der Waals surface area contributed by atoms with Crippen LogP contribution in [0.5, 0.6) is 5.75 Å². The Balaban J connectivity index is 1.99. The number of aryl methyl sites for hydroxylation is 1. The molecule has 0 atom stereocenters. The third kappa shape index (κ3) is 2.94. The number of phenolic OH excluding ortho intramolecular Hbond substituents is 1. The van der Waals surface area contributed by atoms with Gasteiger partial charge in [0.05, 0.1) is 6.21 Å². The molecular formula is C15H13N5OS. The minimum Gasteiger partial charge on any atom is -0.508 e. The van der Waals surface area contributed by atoms with Gasteiger partial charge in [0.15, 0.2) is 5.82 Å². The van der Waals surface area contributed by atoms with E-state index in [9.17, 15) is 5.11 Å². The van der Waals surface area contributed by atoms with Crippen LogP contribution in [0.4, 0.5) is 0 Å². The largest absolute Gasteiger partial charge is 0.508 e. The van der Waals surface area contributed by atoms with Crippen molar-refractivity contribution in [3.05, 3.63) is 58.6 Å². The molecule has 6 nitrogen and oxygen atoms in total. The van der Waals surface area contributed by atoms with E-state index < -0.39 is 0 Å². The van der Waals surface area contributed by atoms with Crippen molar-refractivity contribution in [1.82, 2.24) is 19.9 Å². The fourth-order valence-corrected chi connectivity index (χ4v) is 2.09. The van der Waals surface area contributed by atoms with Gasteiger partial charge in [0.2, 0.25) is 4.77 Å². The first kappa shape index (κ1) is 14.2. The van der Waals surface area contributed by atoms with E-state index in [0.717, 1.165) is 16.8 Å². The van der Waals surface area contributed by atoms with Gasteiger partial charge in [-0.25, -0.2) is 5.10 Å². The number of pyridine rings is 1. The number of aromatic nitrogens is 4. The molecule has 3 aromatic rings. The van der Waals surface area contributed by atoms with Crippen molar-refractivity contribution in [1.29, 1.82) is 0 Å². The minimum atomic E-state index is 0.183. The molecule has 0 spiro atoms. The van der Waals surface area contributed by atoms with E-state index in [1.165, 1.54) is 4.68 Å². The number of nitrogens with one attached hydrogen (secondary N) is 1. The monoisotopic (exact) mass is 311 g/mol. The second-order valence-electron chi connectivity index (χ2n) is 4.69. The maximum Gasteiger partial charge on any atom is 0.216 e. The molecule has 0 bridgehead atoms. The van der Waals surface area contributed by atoms with Gasteiger partial charge in [-0.2, -0.15) is 14.9 Å². The molecule has 0 fully saturated rings. The van der Waals surface area contributed by atoms with Crippen molar-refractivity contribution in [2.45, 2.75) is 6.92 Å². The number of rotatable bonds is 3. The molecule has 7 heteroatoms. The fraction of sp³-hybridized carbons (Fsp3) is 0.0667. The lowest BCUT2D eigenvalue weighted by atomic mass is 10.2. The molecule has 3 rings (SSSR count). The Hall–Kier alpha value is -2.80. The maximum absolute atomic E-state index is 9.47. The molecule has 0 saturated heterocycles. The Labute approximate surface area is 131 Å². The van der Waals surface area contributed by atoms with Crippen LogP contribution >= 0.6 is 12.2 Å². The normalized spacial score (nSPS) is 11.1. The van der Waals surface area contributed by atoms with E-state index in [2.05, 4.69) is 20.3 Å². The van der Waals surface area contributed by atoms with Crippen molar-refractivity contribution in [2.24, 2.45) is 5.10 Å². The summed E-state index contributed by atoms with van der Waals surface area (Å²) in [4.78, 5) is 4.25. The highest BCUT2D eigenvalue weighted by Gasteiger charge is 2.08. The van der Waals surface area contributed by atoms with Crippen LogP contribution in [0.3, 0.4) is 0 Å². The van der Waals surface area contributed by atoms with Crippen LogP contribution in [0, 0.1) is 11.7 Å². The minimum absolute atomic E-state index is 0.183. The number of benzene rings is 1. The molecular weight excluding hydrogens is 298 g/mol. The zero-order chi connectivity index (χ0) is 15.5. The molecule has 0 aliphatic rings. The average Bonchev–Trinajstić information content (AvgIpc) is 2.87. The van der Waals surface area contributed by atoms with E-state index in [1.54, 1.807) is 30.6 Å². The van der Waals surface area contributed by atoms with Gasteiger partial charge >= 0.3 is 0 Å². The van der Waals surface area contributed by atoms with Crippen LogP contribution in [0.2, 0.25) is 0 Å². The summed E-state index contributed by atoms with van der Waals surface area (Å²) in [7, 11) is 0. The number of aromatic amines is 1. The summed E-state index contributed by atoms with van der Waals surface area (Å²) >= 11 is 5.20. The Bertz CT molecular complexity index is 879. The lowest BCUT2D eigenvalue weighted by Gasteiger charge is -2.01. The molecule has 1 aromatic carbocycles. The number of phenols is 1. The van der Waals surface area contributed by atoms with Crippen LogP contribution in [0.1, 0.15) is 11.3 Å². The molecule has 2 N–H and O–H groups in total. The molecule has 0 aliphatic carbocycles. The molecule has 0 radical (unpaired) electrons. The van der Waals surface area contributed by atoms with E-state index >= 15 is 0 Å². The summed E-state index contributed by atoms with van der Waals surface area (Å²) in [5.41, 5.74) is 2.50. The van der Waals surface area contributed by atoms with Crippen molar-refractivity contribution in [2.75, 3.05) is 0 Å². The molecule has 0 saturated carbocycles. The Morgan fingerprint density at radius 3 is 2.91 bits per heavy atom. The quantitative estimate of drug-likeness (QED) is 0.576. The summed E-state index contributed by atoms with van der Waals surface area (Å²) in [6.07, 6.45) is 3.33. The second kappa shape index (κ2) is 5.90. The van der Waals surface area contributed by atoms with Gasteiger partial charge in [-0.15, -0.1) is 0 Å². The first-order valence-corrected chi connectivity index (χ1v) is 6.98. The number of hydrogen-bond donors (Lipinski definition) is 2. The molecule has 22 heavy (non-hydrogen) atoms. The first-order valence-electron chi connectivity index (χ1n) is 6.57. The predicted octanol–water partition coefficient (Wildman–Crippen LogP) is 2.90. The van der Waals surface area contributed by atoms with Crippen LogP contribution in [-0.2, 0) is 0 Å². The topological polar surface area (TPSA) is 79.1 Å². The summed E-state index contributed by atoms with van der Waals surface area (Å²) in [5.74, 6) is 0.761. The predicted molar refractivity (Wildman–Crippen MR) is 86.5 cm³/mol. The second-order valence-corrected chi connectivity index (χ2v) is 5.08. The standard InChI is InChI=1S/C15H13N5OS/c1-10-5-6-12(9-16-10)14-18-19-15(22)20(14)17-8-11-3-2-4-13(21)7-11/h2-9,21H,1H3,(H,19,22). The zero-order valence-electron chi connectivity index (χ0n) is 11.8. The zero-order valence-corrected chi connectivity index (χ0v) is 12.6. The number of nitrogens with zero attached hydrogens (tertiary/aromatic N) is 4. The SMILES string of the molecule is Cc1ccc(-c2n[nH]c(=S)n2N=Cc2cccc(O)c2)cn1. The van der Waals surface area contributed by atoms with Gasteiger partial charge in [-0.05, 0) is 49.0 Å². The summed E-state index contributed by atoms with van der Waals surface area (Å²) < 4.78 is 1.90. The van der Waals surface area contributed by atoms with E-state index in [0.29, 0.717) is 10.6 Å². The summed E-state index contributed by atoms with van der Waals surface area (Å²) in [6, 6.07) is 10.6. The van der Waals surface area contributed by atoms with Crippen LogP contribution in [0.15, 0.2) is 47.7 Å². The highest BCUT2D eigenvalue weighted by Crippen LogP contribution is 2.16. The third-order valence-corrected chi connectivity index (χ3v) is 3.28. The van der Waals surface area contributed by atoms with Crippen molar-refractivity contribution in [3.63, 3.8) is 0 Å². The van der Waals surface area contributed by atoms with Crippen molar-refractivity contribution in [3.8, 4) is 17.1 Å². The molecule has 0 aliphatic heterocycles. The highest BCUT2D eigenvalue weighted by molar-refractivity contribution is 7.71. The van der Waals surface area contributed by atoms with Gasteiger partial charge in [0.1, 0.15) is 5.75 Å². The number of aromatic hydroxyl groups is 1. The Morgan fingerprint density at radius 2 is 2.18 bits per heavy atom. The van der Waals surface area contributed by atoms with Crippen LogP contribution in [0.25, 0.3) is 11.4 Å². The van der Waals surface area contributed by atoms with E-state index in [-0.39, 0.29) is 5.75 Å². The summed E-state index contributed by atoms with van der Waals surface area (Å²) in [6.45, 7) is 1.92. The third-order valence-electron chi connectivity index (χ3n) is 3.01. The molecule has 2 heterocycles. The fourth-order valence-electron chi connectivity index (χ4n) is 1.92. The van der Waals surface area contributed by atoms with Gasteiger partial charge in [-0.3, -0.25) is 4.98 Å². The molecule has 0 amide bonds. The van der Waals surface area contributed by atoms with Gasteiger partial charge in [-0.1, -0.05) is 12.1 Å². The lowest BCUT2D eigenvalue weighted by Crippen LogP contribution is -1.95. The average molecular weight is 311 g/mol. The number of hydrogen-bond acceptors (Lipinski definition) is 5. The first-order chi connectivity index (χ1) is 10.6. The van der Waals surface area contributed by atoms with Gasteiger partial charge < -0.3 is 5.11 Å². The van der Waals surface area contributed by atoms with Crippen LogP contribution < -0.4 is 0 Å². The van der Waals surface area contributed by atoms with E-state index in [1.807, 2.05) is 25.1 Å². The maximum atomic E-state index is 9.47. The Kier molecular flexibility index (Phi) is 3.80. The molecule has 110 valence electrons. The van der Waals surface area contributed by atoms with Gasteiger partial charge in [0, 0.05) is 17.5 Å². The molecule has 0 unspecified atom stereocenters. The molecule has 2 aromatic heterocycles. The van der Waals surface area contributed by atoms with Crippen molar-refractivity contribution < 1.29 is 5.11 Å². The Morgan fingerprint density at radius 1 is 1.32 bits per heavy atom. The lowest BCUT2D eigenvalue weighted by molar-refractivity contribution is 0.475. The highest BCUT2D eigenvalue weighted by atomic mass is 32.1. The summed E-state index contributed by atoms with van der Waals surface area (Å²) in [5, 5.41) is 20.7. The van der Waals surface area contributed by atoms with Crippen molar-refractivity contribution >= 4 is 18.4 Å². The number of H-pyrrole nitrogens is 1.